The van der Waals surface area contributed by atoms with Crippen molar-refractivity contribution in [3.63, 3.8) is 0 Å². The molecule has 0 unspecified atom stereocenters. The van der Waals surface area contributed by atoms with E-state index in [-0.39, 0.29) is 17.6 Å². The number of thioether (sulfide) groups is 1. The largest absolute Gasteiger partial charge is 0.347 e. The molecule has 1 aliphatic heterocycles. The minimum absolute atomic E-state index is 0.0659. The van der Waals surface area contributed by atoms with Crippen molar-refractivity contribution in [2.75, 3.05) is 16.0 Å². The summed E-state index contributed by atoms with van der Waals surface area (Å²) in [5.74, 6) is 0.454. The van der Waals surface area contributed by atoms with Gasteiger partial charge in [-0.3, -0.25) is 9.69 Å². The lowest BCUT2D eigenvalue weighted by Gasteiger charge is -2.22. The molecule has 145 valence electrons. The summed E-state index contributed by atoms with van der Waals surface area (Å²) < 4.78 is 0. The maximum atomic E-state index is 12.6. The number of amidine groups is 1. The molecule has 1 radical (unpaired) electrons. The van der Waals surface area contributed by atoms with E-state index >= 15 is 0 Å². The SMILES string of the molecule is [CH2]Cc1ccc(NC(=O)/N=C2\SCC(=O)N2c2cc(C)ccc2C(C)C)cc1. The molecule has 1 heterocycles. The van der Waals surface area contributed by atoms with Gasteiger partial charge in [-0.25, -0.2) is 4.79 Å². The maximum absolute atomic E-state index is 12.6. The fraction of sp³-hybridized carbons (Fsp3) is 0.273. The molecule has 6 heteroatoms. The first-order valence-corrected chi connectivity index (χ1v) is 10.2. The van der Waals surface area contributed by atoms with Crippen LogP contribution in [0.25, 0.3) is 0 Å². The highest BCUT2D eigenvalue weighted by atomic mass is 32.2. The number of aryl methyl sites for hydroxylation is 1. The van der Waals surface area contributed by atoms with Crippen LogP contribution in [0, 0.1) is 13.8 Å². The Morgan fingerprint density at radius 1 is 1.25 bits per heavy atom. The molecule has 0 spiro atoms. The van der Waals surface area contributed by atoms with Gasteiger partial charge in [0.25, 0.3) is 0 Å². The van der Waals surface area contributed by atoms with Gasteiger partial charge in [-0.15, -0.1) is 0 Å². The van der Waals surface area contributed by atoms with Gasteiger partial charge in [0.2, 0.25) is 5.91 Å². The number of carbonyl (C=O) groups is 2. The molecule has 0 saturated carbocycles. The third-order valence-electron chi connectivity index (χ3n) is 4.51. The molecule has 3 rings (SSSR count). The fourth-order valence-corrected chi connectivity index (χ4v) is 3.87. The van der Waals surface area contributed by atoms with E-state index in [1.54, 1.807) is 4.90 Å². The third kappa shape index (κ3) is 4.44. The van der Waals surface area contributed by atoms with Gasteiger partial charge in [0.05, 0.1) is 11.4 Å². The van der Waals surface area contributed by atoms with Gasteiger partial charge in [0.1, 0.15) is 0 Å². The Kier molecular flexibility index (Phi) is 6.19. The Morgan fingerprint density at radius 2 is 1.96 bits per heavy atom. The number of anilines is 2. The summed E-state index contributed by atoms with van der Waals surface area (Å²) in [4.78, 5) is 30.7. The molecule has 1 fully saturated rings. The van der Waals surface area contributed by atoms with Crippen LogP contribution in [0.3, 0.4) is 0 Å². The number of nitrogens with one attached hydrogen (secondary N) is 1. The molecule has 0 bridgehead atoms. The average molecular weight is 395 g/mol. The van der Waals surface area contributed by atoms with Gasteiger partial charge in [-0.1, -0.05) is 49.9 Å². The van der Waals surface area contributed by atoms with Crippen LogP contribution in [0.2, 0.25) is 0 Å². The highest BCUT2D eigenvalue weighted by Gasteiger charge is 2.32. The van der Waals surface area contributed by atoms with Crippen LogP contribution in [0.5, 0.6) is 0 Å². The molecule has 28 heavy (non-hydrogen) atoms. The smallest absolute Gasteiger partial charge is 0.306 e. The lowest BCUT2D eigenvalue weighted by Crippen LogP contribution is -2.31. The van der Waals surface area contributed by atoms with Gasteiger partial charge in [0, 0.05) is 5.69 Å². The average Bonchev–Trinajstić information content (AvgIpc) is 3.01. The molecule has 1 aliphatic rings. The monoisotopic (exact) mass is 394 g/mol. The Bertz CT molecular complexity index is 920. The number of aliphatic imine (C=N–C) groups is 1. The predicted octanol–water partition coefficient (Wildman–Crippen LogP) is 5.16. The van der Waals surface area contributed by atoms with Gasteiger partial charge in [0.15, 0.2) is 5.17 Å². The molecular formula is C22H24N3O2S. The van der Waals surface area contributed by atoms with Gasteiger partial charge in [-0.05, 0) is 61.1 Å². The third-order valence-corrected chi connectivity index (χ3v) is 5.43. The molecule has 3 amide bonds. The second-order valence-electron chi connectivity index (χ2n) is 7.01. The number of hydrogen-bond donors (Lipinski definition) is 1. The Morgan fingerprint density at radius 3 is 2.61 bits per heavy atom. The van der Waals surface area contributed by atoms with E-state index in [0.717, 1.165) is 22.4 Å². The number of rotatable bonds is 4. The first-order chi connectivity index (χ1) is 13.4. The van der Waals surface area contributed by atoms with E-state index in [0.29, 0.717) is 17.3 Å². The number of urea groups is 1. The van der Waals surface area contributed by atoms with E-state index in [4.69, 9.17) is 0 Å². The first-order valence-electron chi connectivity index (χ1n) is 9.23. The lowest BCUT2D eigenvalue weighted by molar-refractivity contribution is -0.115. The molecule has 1 N–H and O–H groups in total. The molecule has 0 atom stereocenters. The van der Waals surface area contributed by atoms with E-state index in [2.05, 4.69) is 31.1 Å². The second kappa shape index (κ2) is 8.61. The van der Waals surface area contributed by atoms with Crippen LogP contribution in [-0.4, -0.2) is 22.9 Å². The van der Waals surface area contributed by atoms with Gasteiger partial charge < -0.3 is 5.32 Å². The van der Waals surface area contributed by atoms with Crippen molar-refractivity contribution in [1.82, 2.24) is 0 Å². The Hall–Kier alpha value is -2.60. The van der Waals surface area contributed by atoms with Crippen molar-refractivity contribution >= 4 is 40.2 Å². The maximum Gasteiger partial charge on any atom is 0.347 e. The number of hydrogen-bond acceptors (Lipinski definition) is 3. The minimum atomic E-state index is -0.497. The number of nitrogens with zero attached hydrogens (tertiary/aromatic N) is 2. The topological polar surface area (TPSA) is 61.8 Å². The van der Waals surface area contributed by atoms with Crippen LogP contribution < -0.4 is 10.2 Å². The van der Waals surface area contributed by atoms with Gasteiger partial charge >= 0.3 is 6.03 Å². The molecular weight excluding hydrogens is 370 g/mol. The van der Waals surface area contributed by atoms with E-state index in [9.17, 15) is 9.59 Å². The van der Waals surface area contributed by atoms with Crippen LogP contribution in [-0.2, 0) is 11.2 Å². The van der Waals surface area contributed by atoms with Crippen molar-refractivity contribution in [2.45, 2.75) is 33.1 Å². The highest BCUT2D eigenvalue weighted by molar-refractivity contribution is 8.15. The van der Waals surface area contributed by atoms with Gasteiger partial charge in [-0.2, -0.15) is 4.99 Å². The first kappa shape index (κ1) is 20.1. The summed E-state index contributed by atoms with van der Waals surface area (Å²) in [7, 11) is 0. The minimum Gasteiger partial charge on any atom is -0.306 e. The lowest BCUT2D eigenvalue weighted by atomic mass is 9.99. The van der Waals surface area contributed by atoms with Crippen molar-refractivity contribution < 1.29 is 9.59 Å². The second-order valence-corrected chi connectivity index (χ2v) is 7.95. The van der Waals surface area contributed by atoms with Crippen LogP contribution in [0.4, 0.5) is 16.2 Å². The van der Waals surface area contributed by atoms with Crippen molar-refractivity contribution in [1.29, 1.82) is 0 Å². The van der Waals surface area contributed by atoms with E-state index < -0.39 is 6.03 Å². The number of carbonyl (C=O) groups excluding carboxylic acids is 2. The quantitative estimate of drug-likeness (QED) is 0.779. The molecule has 0 aliphatic carbocycles. The molecule has 2 aromatic rings. The summed E-state index contributed by atoms with van der Waals surface area (Å²) in [6.07, 6.45) is 0.693. The van der Waals surface area contributed by atoms with Crippen molar-refractivity contribution in [2.24, 2.45) is 4.99 Å². The van der Waals surface area contributed by atoms with Crippen LogP contribution >= 0.6 is 11.8 Å². The summed E-state index contributed by atoms with van der Waals surface area (Å²) in [6, 6.07) is 13.0. The number of amides is 3. The summed E-state index contributed by atoms with van der Waals surface area (Å²) >= 11 is 1.28. The Labute approximate surface area is 170 Å². The zero-order chi connectivity index (χ0) is 20.3. The molecule has 0 aromatic heterocycles. The number of benzene rings is 2. The molecule has 1 saturated heterocycles. The van der Waals surface area contributed by atoms with Crippen molar-refractivity contribution in [3.8, 4) is 0 Å². The summed E-state index contributed by atoms with van der Waals surface area (Å²) in [5, 5.41) is 3.16. The Balaban J connectivity index is 1.87. The van der Waals surface area contributed by atoms with Crippen LogP contribution in [0.1, 0.15) is 36.5 Å². The highest BCUT2D eigenvalue weighted by Crippen LogP contribution is 2.34. The van der Waals surface area contributed by atoms with Crippen LogP contribution in [0.15, 0.2) is 47.5 Å². The fourth-order valence-electron chi connectivity index (χ4n) is 3.01. The predicted molar refractivity (Wildman–Crippen MR) is 117 cm³/mol. The molecule has 2 aromatic carbocycles. The van der Waals surface area contributed by atoms with E-state index in [1.807, 2.05) is 49.4 Å². The zero-order valence-corrected chi connectivity index (χ0v) is 17.2. The zero-order valence-electron chi connectivity index (χ0n) is 16.4. The summed E-state index contributed by atoms with van der Waals surface area (Å²) in [5.41, 5.74) is 4.66. The molecule has 5 nitrogen and oxygen atoms in total. The van der Waals surface area contributed by atoms with Crippen molar-refractivity contribution in [3.05, 3.63) is 66.1 Å². The van der Waals surface area contributed by atoms with E-state index in [1.165, 1.54) is 11.8 Å². The normalized spacial score (nSPS) is 15.5. The summed E-state index contributed by atoms with van der Waals surface area (Å²) in [6.45, 7) is 9.99. The standard InChI is InChI=1S/C22H24N3O2S/c1-5-16-7-9-17(10-8-16)23-21(27)24-22-25(20(26)13-28-22)19-12-15(4)6-11-18(19)14(2)3/h6-12,14H,1,5,13H2,2-4H3,(H,23,27)/b24-22-.